The molecule has 0 atom stereocenters. The summed E-state index contributed by atoms with van der Waals surface area (Å²) in [6.07, 6.45) is 0. The number of rotatable bonds is 2. The van der Waals surface area contributed by atoms with E-state index in [4.69, 9.17) is 14.2 Å². The molecule has 1 aromatic carbocycles. The number of carbonyl (C=O) groups is 1. The Hall–Kier alpha value is -1.75. The van der Waals surface area contributed by atoms with Gasteiger partial charge in [0.15, 0.2) is 11.5 Å². The lowest BCUT2D eigenvalue weighted by Gasteiger charge is -2.16. The number of ether oxygens (including phenoxy) is 3. The molecule has 1 aromatic heterocycles. The minimum atomic E-state index is -0.657. The fourth-order valence-electron chi connectivity index (χ4n) is 2.11. The average Bonchev–Trinajstić information content (AvgIpc) is 2.83. The molecule has 0 spiro atoms. The minimum absolute atomic E-state index is 0.299. The van der Waals surface area contributed by atoms with Gasteiger partial charge in [0.25, 0.3) is 0 Å². The predicted octanol–water partition coefficient (Wildman–Crippen LogP) is 3.59. The van der Waals surface area contributed by atoms with Gasteiger partial charge in [-0.1, -0.05) is 0 Å². The van der Waals surface area contributed by atoms with Gasteiger partial charge in [0.2, 0.25) is 5.79 Å². The van der Waals surface area contributed by atoms with Gasteiger partial charge >= 0.3 is 5.97 Å². The zero-order valence-corrected chi connectivity index (χ0v) is 11.8. The second-order valence-electron chi connectivity index (χ2n) is 4.77. The van der Waals surface area contributed by atoms with Crippen LogP contribution in [0.3, 0.4) is 0 Å². The van der Waals surface area contributed by atoms with Crippen LogP contribution in [0.4, 0.5) is 0 Å². The van der Waals surface area contributed by atoms with Crippen molar-refractivity contribution >= 4 is 27.4 Å². The van der Waals surface area contributed by atoms with Crippen molar-refractivity contribution in [3.05, 3.63) is 23.1 Å². The van der Waals surface area contributed by atoms with Gasteiger partial charge in [-0.2, -0.15) is 0 Å². The van der Waals surface area contributed by atoms with E-state index in [0.29, 0.717) is 17.9 Å². The first kappa shape index (κ1) is 12.3. The highest BCUT2D eigenvalue weighted by molar-refractivity contribution is 7.17. The number of hydrogen-bond acceptors (Lipinski definition) is 5. The Kier molecular flexibility index (Phi) is 2.67. The van der Waals surface area contributed by atoms with Crippen molar-refractivity contribution in [2.75, 3.05) is 6.61 Å². The third-order valence-electron chi connectivity index (χ3n) is 2.85. The standard InChI is InChI=1S/C14H14O4S/c1-4-16-13(15)9-7-19-12-6-11-10(5-8(9)12)17-14(2,3)18-11/h5-7H,4H2,1-3H3. The van der Waals surface area contributed by atoms with Crippen LogP contribution in [0.1, 0.15) is 31.1 Å². The van der Waals surface area contributed by atoms with E-state index in [1.807, 2.05) is 31.4 Å². The first-order valence-electron chi connectivity index (χ1n) is 6.10. The summed E-state index contributed by atoms with van der Waals surface area (Å²) in [6.45, 7) is 5.87. The molecule has 0 N–H and O–H groups in total. The first-order chi connectivity index (χ1) is 9.00. The van der Waals surface area contributed by atoms with Crippen LogP contribution in [0, 0.1) is 0 Å². The molecule has 0 aliphatic carbocycles. The highest BCUT2D eigenvalue weighted by Gasteiger charge is 2.32. The van der Waals surface area contributed by atoms with Crippen LogP contribution in [0.5, 0.6) is 11.5 Å². The molecule has 0 fully saturated rings. The number of benzene rings is 1. The molecule has 0 saturated carbocycles. The number of esters is 1. The van der Waals surface area contributed by atoms with Gasteiger partial charge in [0.1, 0.15) is 0 Å². The molecule has 1 aliphatic rings. The van der Waals surface area contributed by atoms with Gasteiger partial charge in [-0.05, 0) is 13.0 Å². The molecular weight excluding hydrogens is 264 g/mol. The van der Waals surface area contributed by atoms with Crippen molar-refractivity contribution in [1.29, 1.82) is 0 Å². The molecule has 2 aromatic rings. The van der Waals surface area contributed by atoms with E-state index in [1.165, 1.54) is 11.3 Å². The van der Waals surface area contributed by atoms with E-state index in [1.54, 1.807) is 6.92 Å². The Morgan fingerprint density at radius 3 is 2.68 bits per heavy atom. The molecule has 5 heteroatoms. The van der Waals surface area contributed by atoms with E-state index >= 15 is 0 Å². The van der Waals surface area contributed by atoms with Gasteiger partial charge in [-0.25, -0.2) is 4.79 Å². The Bertz CT molecular complexity index is 657. The molecular formula is C14H14O4S. The van der Waals surface area contributed by atoms with Crippen LogP contribution < -0.4 is 9.47 Å². The second-order valence-corrected chi connectivity index (χ2v) is 5.68. The normalized spacial score (nSPS) is 15.7. The van der Waals surface area contributed by atoms with Crippen LogP contribution in [0.15, 0.2) is 17.5 Å². The molecule has 0 bridgehead atoms. The molecule has 1 aliphatic heterocycles. The summed E-state index contributed by atoms with van der Waals surface area (Å²) in [4.78, 5) is 11.9. The van der Waals surface area contributed by atoms with Gasteiger partial charge in [0.05, 0.1) is 12.2 Å². The van der Waals surface area contributed by atoms with E-state index in [-0.39, 0.29) is 5.97 Å². The lowest BCUT2D eigenvalue weighted by molar-refractivity contribution is -0.0431. The van der Waals surface area contributed by atoms with Gasteiger partial charge < -0.3 is 14.2 Å². The molecule has 3 rings (SSSR count). The lowest BCUT2D eigenvalue weighted by atomic mass is 10.1. The van der Waals surface area contributed by atoms with Crippen molar-refractivity contribution < 1.29 is 19.0 Å². The second kappa shape index (κ2) is 4.13. The summed E-state index contributed by atoms with van der Waals surface area (Å²) in [7, 11) is 0. The molecule has 0 unspecified atom stereocenters. The third-order valence-corrected chi connectivity index (χ3v) is 3.79. The van der Waals surface area contributed by atoms with Crippen LogP contribution in [0.25, 0.3) is 10.1 Å². The van der Waals surface area contributed by atoms with Crippen molar-refractivity contribution in [2.45, 2.75) is 26.6 Å². The number of hydrogen-bond donors (Lipinski definition) is 0. The molecule has 0 saturated heterocycles. The van der Waals surface area contributed by atoms with Crippen molar-refractivity contribution in [1.82, 2.24) is 0 Å². The number of thiophene rings is 1. The third kappa shape index (κ3) is 2.04. The highest BCUT2D eigenvalue weighted by atomic mass is 32.1. The van der Waals surface area contributed by atoms with Gasteiger partial charge in [-0.3, -0.25) is 0 Å². The van der Waals surface area contributed by atoms with Crippen molar-refractivity contribution in [3.63, 3.8) is 0 Å². The smallest absolute Gasteiger partial charge is 0.339 e. The quantitative estimate of drug-likeness (QED) is 0.788. The number of carbonyl (C=O) groups excluding carboxylic acids is 1. The van der Waals surface area contributed by atoms with Gasteiger partial charge in [-0.15, -0.1) is 11.3 Å². The maximum Gasteiger partial charge on any atom is 0.339 e. The molecule has 2 heterocycles. The van der Waals surface area contributed by atoms with E-state index < -0.39 is 5.79 Å². The summed E-state index contributed by atoms with van der Waals surface area (Å²) in [6, 6.07) is 3.76. The summed E-state index contributed by atoms with van der Waals surface area (Å²) >= 11 is 1.50. The number of fused-ring (bicyclic) bond motifs is 2. The fraction of sp³-hybridized carbons (Fsp3) is 0.357. The van der Waals surface area contributed by atoms with Crippen molar-refractivity contribution in [2.24, 2.45) is 0 Å². The molecule has 19 heavy (non-hydrogen) atoms. The van der Waals surface area contributed by atoms with Crippen LogP contribution in [-0.4, -0.2) is 18.4 Å². The Morgan fingerprint density at radius 1 is 1.32 bits per heavy atom. The van der Waals surface area contributed by atoms with Crippen LogP contribution in [0.2, 0.25) is 0 Å². The van der Waals surface area contributed by atoms with Crippen molar-refractivity contribution in [3.8, 4) is 11.5 Å². The maximum absolute atomic E-state index is 11.9. The molecule has 0 amide bonds. The zero-order chi connectivity index (χ0) is 13.6. The lowest BCUT2D eigenvalue weighted by Crippen LogP contribution is -2.29. The predicted molar refractivity (Wildman–Crippen MR) is 73.1 cm³/mol. The fourth-order valence-corrected chi connectivity index (χ4v) is 3.05. The van der Waals surface area contributed by atoms with Crippen LogP contribution >= 0.6 is 11.3 Å². The average molecular weight is 278 g/mol. The molecule has 4 nitrogen and oxygen atoms in total. The SMILES string of the molecule is CCOC(=O)c1csc2cc3c(cc12)OC(C)(C)O3. The van der Waals surface area contributed by atoms with E-state index in [2.05, 4.69) is 0 Å². The Labute approximate surface area is 114 Å². The summed E-state index contributed by atoms with van der Waals surface area (Å²) in [5.41, 5.74) is 0.581. The summed E-state index contributed by atoms with van der Waals surface area (Å²) < 4.78 is 17.4. The maximum atomic E-state index is 11.9. The summed E-state index contributed by atoms with van der Waals surface area (Å²) in [5, 5.41) is 2.66. The Balaban J connectivity index is 2.08. The molecule has 100 valence electrons. The topological polar surface area (TPSA) is 44.8 Å². The zero-order valence-electron chi connectivity index (χ0n) is 11.0. The van der Waals surface area contributed by atoms with Crippen LogP contribution in [-0.2, 0) is 4.74 Å². The summed E-state index contributed by atoms with van der Waals surface area (Å²) in [5.74, 6) is 0.429. The monoisotopic (exact) mass is 278 g/mol. The largest absolute Gasteiger partial charge is 0.462 e. The van der Waals surface area contributed by atoms with E-state index in [9.17, 15) is 4.79 Å². The van der Waals surface area contributed by atoms with E-state index in [0.717, 1.165) is 15.8 Å². The first-order valence-corrected chi connectivity index (χ1v) is 6.98. The highest BCUT2D eigenvalue weighted by Crippen LogP contribution is 2.44. The Morgan fingerprint density at radius 2 is 2.00 bits per heavy atom. The minimum Gasteiger partial charge on any atom is -0.462 e. The van der Waals surface area contributed by atoms with Gasteiger partial charge in [0, 0.05) is 35.4 Å². The molecule has 0 radical (unpaired) electrons.